The molecule has 23 heavy (non-hydrogen) atoms. The second kappa shape index (κ2) is 6.79. The topological polar surface area (TPSA) is 51.2 Å². The highest BCUT2D eigenvalue weighted by Crippen LogP contribution is 2.21. The third-order valence-electron chi connectivity index (χ3n) is 3.40. The summed E-state index contributed by atoms with van der Waals surface area (Å²) in [5.74, 6) is 0.442. The Labute approximate surface area is 142 Å². The van der Waals surface area contributed by atoms with E-state index >= 15 is 0 Å². The van der Waals surface area contributed by atoms with Crippen molar-refractivity contribution in [1.29, 1.82) is 0 Å². The highest BCUT2D eigenvalue weighted by Gasteiger charge is 2.06. The van der Waals surface area contributed by atoms with Gasteiger partial charge in [-0.3, -0.25) is 9.78 Å². The predicted molar refractivity (Wildman–Crippen MR) is 94.7 cm³/mol. The standard InChI is InChI=1S/C18H15BrN2O2/c1-12-4-5-14(10-16(12)19)21-18(22)11-23-15-6-7-17-13(9-15)3-2-8-20-17/h2-10H,11H2,1H3,(H,21,22). The van der Waals surface area contributed by atoms with E-state index in [4.69, 9.17) is 4.74 Å². The minimum atomic E-state index is -0.202. The maximum atomic E-state index is 12.0. The third kappa shape index (κ3) is 3.87. The summed E-state index contributed by atoms with van der Waals surface area (Å²) in [6, 6.07) is 15.1. The normalized spacial score (nSPS) is 10.5. The SMILES string of the molecule is Cc1ccc(NC(=O)COc2ccc3ncccc3c2)cc1Br. The van der Waals surface area contributed by atoms with Gasteiger partial charge in [-0.1, -0.05) is 28.1 Å². The first kappa shape index (κ1) is 15.5. The van der Waals surface area contributed by atoms with Crippen LogP contribution in [-0.4, -0.2) is 17.5 Å². The molecular weight excluding hydrogens is 356 g/mol. The minimum Gasteiger partial charge on any atom is -0.484 e. The molecule has 0 unspecified atom stereocenters. The van der Waals surface area contributed by atoms with Crippen molar-refractivity contribution in [3.63, 3.8) is 0 Å². The van der Waals surface area contributed by atoms with Crippen LogP contribution in [-0.2, 0) is 4.79 Å². The number of carbonyl (C=O) groups excluding carboxylic acids is 1. The zero-order valence-electron chi connectivity index (χ0n) is 12.5. The van der Waals surface area contributed by atoms with Crippen molar-refractivity contribution < 1.29 is 9.53 Å². The van der Waals surface area contributed by atoms with Crippen LogP contribution < -0.4 is 10.1 Å². The number of nitrogens with zero attached hydrogens (tertiary/aromatic N) is 1. The molecule has 116 valence electrons. The Morgan fingerprint density at radius 3 is 2.91 bits per heavy atom. The molecule has 0 fully saturated rings. The highest BCUT2D eigenvalue weighted by molar-refractivity contribution is 9.10. The van der Waals surface area contributed by atoms with Crippen LogP contribution in [0.2, 0.25) is 0 Å². The molecule has 0 aliphatic heterocycles. The summed E-state index contributed by atoms with van der Waals surface area (Å²) < 4.78 is 6.51. The van der Waals surface area contributed by atoms with Gasteiger partial charge in [-0.25, -0.2) is 0 Å². The molecule has 3 aromatic rings. The molecule has 0 spiro atoms. The number of aromatic nitrogens is 1. The summed E-state index contributed by atoms with van der Waals surface area (Å²) in [7, 11) is 0. The van der Waals surface area contributed by atoms with Gasteiger partial charge in [0.2, 0.25) is 0 Å². The van der Waals surface area contributed by atoms with E-state index in [1.807, 2.05) is 55.5 Å². The monoisotopic (exact) mass is 370 g/mol. The quantitative estimate of drug-likeness (QED) is 0.743. The van der Waals surface area contributed by atoms with Crippen LogP contribution >= 0.6 is 15.9 Å². The van der Waals surface area contributed by atoms with Crippen LogP contribution in [0.3, 0.4) is 0 Å². The number of aryl methyl sites for hydroxylation is 1. The van der Waals surface area contributed by atoms with Crippen molar-refractivity contribution >= 4 is 38.4 Å². The first-order valence-corrected chi connectivity index (χ1v) is 7.95. The summed E-state index contributed by atoms with van der Waals surface area (Å²) in [5, 5.41) is 3.79. The fourth-order valence-corrected chi connectivity index (χ4v) is 2.54. The Kier molecular flexibility index (Phi) is 4.57. The molecule has 0 aliphatic carbocycles. The lowest BCUT2D eigenvalue weighted by Crippen LogP contribution is -2.20. The lowest BCUT2D eigenvalue weighted by Gasteiger charge is -2.09. The number of amides is 1. The van der Waals surface area contributed by atoms with Gasteiger partial charge in [0.1, 0.15) is 5.75 Å². The van der Waals surface area contributed by atoms with Crippen LogP contribution in [0.5, 0.6) is 5.75 Å². The van der Waals surface area contributed by atoms with E-state index in [1.54, 1.807) is 6.20 Å². The highest BCUT2D eigenvalue weighted by atomic mass is 79.9. The van der Waals surface area contributed by atoms with Gasteiger partial charge < -0.3 is 10.1 Å². The second-order valence-corrected chi connectivity index (χ2v) is 6.01. The van der Waals surface area contributed by atoms with E-state index in [0.717, 1.165) is 26.6 Å². The Bertz CT molecular complexity index is 865. The number of ether oxygens (including phenoxy) is 1. The molecule has 2 aromatic carbocycles. The fraction of sp³-hybridized carbons (Fsp3) is 0.111. The number of nitrogens with one attached hydrogen (secondary N) is 1. The van der Waals surface area contributed by atoms with Crippen LogP contribution in [0.1, 0.15) is 5.56 Å². The van der Waals surface area contributed by atoms with Gasteiger partial charge in [0, 0.05) is 21.7 Å². The molecule has 1 aromatic heterocycles. The number of halogens is 1. The molecule has 1 N–H and O–H groups in total. The van der Waals surface area contributed by atoms with Gasteiger partial charge in [-0.2, -0.15) is 0 Å². The van der Waals surface area contributed by atoms with E-state index in [2.05, 4.69) is 26.2 Å². The van der Waals surface area contributed by atoms with Crippen LogP contribution in [0, 0.1) is 6.92 Å². The molecule has 0 saturated carbocycles. The fourth-order valence-electron chi connectivity index (χ4n) is 2.16. The smallest absolute Gasteiger partial charge is 0.262 e. The van der Waals surface area contributed by atoms with Crippen molar-refractivity contribution in [2.75, 3.05) is 11.9 Å². The number of benzene rings is 2. The summed E-state index contributed by atoms with van der Waals surface area (Å²) >= 11 is 3.45. The number of pyridine rings is 1. The summed E-state index contributed by atoms with van der Waals surface area (Å²) in [6.45, 7) is 1.95. The predicted octanol–water partition coefficient (Wildman–Crippen LogP) is 4.32. The van der Waals surface area contributed by atoms with Crippen molar-refractivity contribution in [3.05, 3.63) is 64.8 Å². The molecule has 0 saturated heterocycles. The minimum absolute atomic E-state index is 0.0444. The molecule has 1 heterocycles. The molecule has 0 radical (unpaired) electrons. The van der Waals surface area contributed by atoms with E-state index < -0.39 is 0 Å². The first-order valence-electron chi connectivity index (χ1n) is 7.15. The largest absolute Gasteiger partial charge is 0.484 e. The summed E-state index contributed by atoms with van der Waals surface area (Å²) in [5.41, 5.74) is 2.75. The van der Waals surface area contributed by atoms with Crippen molar-refractivity contribution in [2.24, 2.45) is 0 Å². The van der Waals surface area contributed by atoms with E-state index in [0.29, 0.717) is 5.75 Å². The van der Waals surface area contributed by atoms with Crippen molar-refractivity contribution in [1.82, 2.24) is 4.98 Å². The second-order valence-electron chi connectivity index (χ2n) is 5.16. The average Bonchev–Trinajstić information content (AvgIpc) is 2.56. The van der Waals surface area contributed by atoms with Gasteiger partial charge in [-0.05, 0) is 48.9 Å². The van der Waals surface area contributed by atoms with Crippen LogP contribution in [0.25, 0.3) is 10.9 Å². The maximum Gasteiger partial charge on any atom is 0.262 e. The summed E-state index contributed by atoms with van der Waals surface area (Å²) in [4.78, 5) is 16.2. The van der Waals surface area contributed by atoms with E-state index in [9.17, 15) is 4.79 Å². The number of carbonyl (C=O) groups is 1. The van der Waals surface area contributed by atoms with Crippen LogP contribution in [0.4, 0.5) is 5.69 Å². The van der Waals surface area contributed by atoms with Gasteiger partial charge in [0.05, 0.1) is 5.52 Å². The van der Waals surface area contributed by atoms with E-state index in [-0.39, 0.29) is 12.5 Å². The zero-order chi connectivity index (χ0) is 16.2. The molecule has 0 bridgehead atoms. The Morgan fingerprint density at radius 2 is 2.09 bits per heavy atom. The average molecular weight is 371 g/mol. The van der Waals surface area contributed by atoms with Crippen molar-refractivity contribution in [3.8, 4) is 5.75 Å². The zero-order valence-corrected chi connectivity index (χ0v) is 14.1. The summed E-state index contributed by atoms with van der Waals surface area (Å²) in [6.07, 6.45) is 1.75. The van der Waals surface area contributed by atoms with Gasteiger partial charge in [0.15, 0.2) is 6.61 Å². The third-order valence-corrected chi connectivity index (χ3v) is 4.25. The molecule has 1 amide bonds. The number of rotatable bonds is 4. The molecule has 0 atom stereocenters. The Morgan fingerprint density at radius 1 is 1.22 bits per heavy atom. The molecule has 4 nitrogen and oxygen atoms in total. The molecular formula is C18H15BrN2O2. The maximum absolute atomic E-state index is 12.0. The Balaban J connectivity index is 1.62. The molecule has 0 aliphatic rings. The van der Waals surface area contributed by atoms with Gasteiger partial charge in [-0.15, -0.1) is 0 Å². The number of hydrogen-bond acceptors (Lipinski definition) is 3. The van der Waals surface area contributed by atoms with E-state index in [1.165, 1.54) is 0 Å². The number of fused-ring (bicyclic) bond motifs is 1. The lowest BCUT2D eigenvalue weighted by molar-refractivity contribution is -0.118. The van der Waals surface area contributed by atoms with Gasteiger partial charge >= 0.3 is 0 Å². The Hall–Kier alpha value is -2.40. The number of hydrogen-bond donors (Lipinski definition) is 1. The van der Waals surface area contributed by atoms with Crippen molar-refractivity contribution in [2.45, 2.75) is 6.92 Å². The number of anilines is 1. The van der Waals surface area contributed by atoms with Crippen LogP contribution in [0.15, 0.2) is 59.2 Å². The van der Waals surface area contributed by atoms with Gasteiger partial charge in [0.25, 0.3) is 5.91 Å². The first-order chi connectivity index (χ1) is 11.1. The lowest BCUT2D eigenvalue weighted by atomic mass is 10.2. The molecule has 3 rings (SSSR count). The molecule has 5 heteroatoms.